The van der Waals surface area contributed by atoms with Crippen molar-refractivity contribution in [1.82, 2.24) is 21.3 Å². The molecule has 0 aliphatic heterocycles. The quantitative estimate of drug-likeness (QED) is 0.239. The number of nitrogens with one attached hydrogen (secondary N) is 4. The summed E-state index contributed by atoms with van der Waals surface area (Å²) in [5.74, 6) is 0. The monoisotopic (exact) mass is 510 g/mol. The van der Waals surface area contributed by atoms with E-state index in [1.165, 1.54) is 73.6 Å². The first kappa shape index (κ1) is 27.1. The van der Waals surface area contributed by atoms with E-state index < -0.39 is 0 Å². The molecule has 4 N–H and O–H groups in total. The SMILES string of the molecule is c1ccc(CN[C@@H]2CCCC[C@H]2NCc2ccc(CN[C@@H]3CCCC[C@H]3NCc3ccccc3)cc2)cc1. The first-order valence-electron chi connectivity index (χ1n) is 14.9. The highest BCUT2D eigenvalue weighted by molar-refractivity contribution is 5.23. The first-order valence-corrected chi connectivity index (χ1v) is 14.9. The van der Waals surface area contributed by atoms with Crippen LogP contribution < -0.4 is 21.3 Å². The average molecular weight is 511 g/mol. The molecule has 0 spiro atoms. The van der Waals surface area contributed by atoms with Gasteiger partial charge in [0.25, 0.3) is 0 Å². The zero-order chi connectivity index (χ0) is 25.8. The Labute approximate surface area is 230 Å². The summed E-state index contributed by atoms with van der Waals surface area (Å²) in [7, 11) is 0. The minimum absolute atomic E-state index is 0.542. The van der Waals surface area contributed by atoms with Crippen molar-refractivity contribution in [1.29, 1.82) is 0 Å². The maximum atomic E-state index is 3.87. The number of hydrogen-bond acceptors (Lipinski definition) is 4. The van der Waals surface area contributed by atoms with Crippen molar-refractivity contribution in [2.24, 2.45) is 0 Å². The number of benzene rings is 3. The Morgan fingerprint density at radius 3 is 0.921 bits per heavy atom. The number of hydrogen-bond donors (Lipinski definition) is 4. The van der Waals surface area contributed by atoms with Gasteiger partial charge in [-0.3, -0.25) is 0 Å². The van der Waals surface area contributed by atoms with Gasteiger partial charge >= 0.3 is 0 Å². The van der Waals surface area contributed by atoms with Crippen LogP contribution >= 0.6 is 0 Å². The predicted molar refractivity (Wildman–Crippen MR) is 159 cm³/mol. The van der Waals surface area contributed by atoms with Crippen LogP contribution in [0.15, 0.2) is 84.9 Å². The summed E-state index contributed by atoms with van der Waals surface area (Å²) in [5, 5.41) is 15.4. The third kappa shape index (κ3) is 8.25. The molecule has 2 aliphatic rings. The van der Waals surface area contributed by atoms with E-state index in [0.29, 0.717) is 24.2 Å². The van der Waals surface area contributed by atoms with Crippen molar-refractivity contribution in [2.45, 2.75) is 102 Å². The fourth-order valence-corrected chi connectivity index (χ4v) is 6.20. The highest BCUT2D eigenvalue weighted by atomic mass is 15.0. The van der Waals surface area contributed by atoms with E-state index in [1.54, 1.807) is 0 Å². The van der Waals surface area contributed by atoms with Crippen LogP contribution in [0.5, 0.6) is 0 Å². The van der Waals surface area contributed by atoms with Gasteiger partial charge in [0.2, 0.25) is 0 Å². The molecule has 38 heavy (non-hydrogen) atoms. The zero-order valence-corrected chi connectivity index (χ0v) is 22.9. The predicted octanol–water partition coefficient (Wildman–Crippen LogP) is 6.07. The van der Waals surface area contributed by atoms with Gasteiger partial charge in [-0.1, -0.05) is 111 Å². The van der Waals surface area contributed by atoms with Gasteiger partial charge < -0.3 is 21.3 Å². The van der Waals surface area contributed by atoms with E-state index in [9.17, 15) is 0 Å². The third-order valence-electron chi connectivity index (χ3n) is 8.51. The van der Waals surface area contributed by atoms with Crippen LogP contribution in [0.25, 0.3) is 0 Å². The second-order valence-corrected chi connectivity index (χ2v) is 11.3. The third-order valence-corrected chi connectivity index (χ3v) is 8.51. The highest BCUT2D eigenvalue weighted by Crippen LogP contribution is 2.21. The molecule has 3 aromatic rings. The van der Waals surface area contributed by atoms with Gasteiger partial charge in [-0.15, -0.1) is 0 Å². The van der Waals surface area contributed by atoms with E-state index in [-0.39, 0.29) is 0 Å². The van der Waals surface area contributed by atoms with Gasteiger partial charge in [-0.25, -0.2) is 0 Å². The maximum absolute atomic E-state index is 3.87. The summed E-state index contributed by atoms with van der Waals surface area (Å²) in [4.78, 5) is 0. The standard InChI is InChI=1S/C34H46N4/c1-3-11-27(12-4-1)23-35-31-15-7-9-17-33(31)37-25-29-19-21-30(22-20-29)26-38-34-18-10-8-16-32(34)36-24-28-13-5-2-6-14-28/h1-6,11-14,19-22,31-38H,7-10,15-18,23-26H2/t31-,32-,33-,34-/m1/s1. The van der Waals surface area contributed by atoms with E-state index in [0.717, 1.165) is 26.2 Å². The number of rotatable bonds is 12. The topological polar surface area (TPSA) is 48.1 Å². The maximum Gasteiger partial charge on any atom is 0.0224 e. The van der Waals surface area contributed by atoms with Crippen LogP contribution in [0, 0.1) is 0 Å². The summed E-state index contributed by atoms with van der Waals surface area (Å²) in [5.41, 5.74) is 5.49. The van der Waals surface area contributed by atoms with E-state index in [2.05, 4.69) is 106 Å². The largest absolute Gasteiger partial charge is 0.308 e. The van der Waals surface area contributed by atoms with Crippen molar-refractivity contribution >= 4 is 0 Å². The molecule has 0 radical (unpaired) electrons. The Morgan fingerprint density at radius 2 is 0.632 bits per heavy atom. The van der Waals surface area contributed by atoms with Crippen LogP contribution in [-0.4, -0.2) is 24.2 Å². The molecule has 2 fully saturated rings. The Morgan fingerprint density at radius 1 is 0.368 bits per heavy atom. The van der Waals surface area contributed by atoms with E-state index >= 15 is 0 Å². The van der Waals surface area contributed by atoms with Gasteiger partial charge in [-0.05, 0) is 47.9 Å². The molecule has 0 amide bonds. The van der Waals surface area contributed by atoms with Crippen molar-refractivity contribution < 1.29 is 0 Å². The lowest BCUT2D eigenvalue weighted by molar-refractivity contribution is 0.280. The minimum Gasteiger partial charge on any atom is -0.308 e. The van der Waals surface area contributed by atoms with Gasteiger partial charge in [-0.2, -0.15) is 0 Å². The Hall–Kier alpha value is -2.50. The molecule has 2 aliphatic carbocycles. The Balaban J connectivity index is 1.06. The normalized spacial score (nSPS) is 23.8. The molecular formula is C34H46N4. The lowest BCUT2D eigenvalue weighted by atomic mass is 9.89. The fourth-order valence-electron chi connectivity index (χ4n) is 6.20. The molecule has 202 valence electrons. The smallest absolute Gasteiger partial charge is 0.0224 e. The molecular weight excluding hydrogens is 464 g/mol. The first-order chi connectivity index (χ1) is 18.8. The molecule has 4 heteroatoms. The second-order valence-electron chi connectivity index (χ2n) is 11.3. The van der Waals surface area contributed by atoms with Crippen LogP contribution in [0.2, 0.25) is 0 Å². The summed E-state index contributed by atoms with van der Waals surface area (Å²) < 4.78 is 0. The Kier molecular flexibility index (Phi) is 10.4. The molecule has 3 aromatic carbocycles. The molecule has 2 saturated carbocycles. The van der Waals surface area contributed by atoms with Crippen molar-refractivity contribution in [2.75, 3.05) is 0 Å². The Bertz CT molecular complexity index is 966. The summed E-state index contributed by atoms with van der Waals surface area (Å²) in [6.45, 7) is 3.79. The molecule has 0 aromatic heterocycles. The molecule has 4 atom stereocenters. The van der Waals surface area contributed by atoms with Crippen molar-refractivity contribution in [3.05, 3.63) is 107 Å². The van der Waals surface area contributed by atoms with Crippen LogP contribution in [0.4, 0.5) is 0 Å². The van der Waals surface area contributed by atoms with Gasteiger partial charge in [0.05, 0.1) is 0 Å². The van der Waals surface area contributed by atoms with Gasteiger partial charge in [0.1, 0.15) is 0 Å². The second kappa shape index (κ2) is 14.6. The zero-order valence-electron chi connectivity index (χ0n) is 22.9. The average Bonchev–Trinajstić information content (AvgIpc) is 2.99. The lowest BCUT2D eigenvalue weighted by Gasteiger charge is -2.33. The lowest BCUT2D eigenvalue weighted by Crippen LogP contribution is -2.49. The van der Waals surface area contributed by atoms with Crippen LogP contribution in [-0.2, 0) is 26.2 Å². The van der Waals surface area contributed by atoms with Crippen LogP contribution in [0.3, 0.4) is 0 Å². The molecule has 4 nitrogen and oxygen atoms in total. The van der Waals surface area contributed by atoms with E-state index in [1.807, 2.05) is 0 Å². The molecule has 5 rings (SSSR count). The fraction of sp³-hybridized carbons (Fsp3) is 0.471. The minimum atomic E-state index is 0.542. The molecule has 0 unspecified atom stereocenters. The van der Waals surface area contributed by atoms with E-state index in [4.69, 9.17) is 0 Å². The van der Waals surface area contributed by atoms with Crippen molar-refractivity contribution in [3.8, 4) is 0 Å². The molecule has 0 saturated heterocycles. The summed E-state index contributed by atoms with van der Waals surface area (Å²) >= 11 is 0. The van der Waals surface area contributed by atoms with Gasteiger partial charge in [0.15, 0.2) is 0 Å². The molecule has 0 heterocycles. The summed E-state index contributed by atoms with van der Waals surface area (Å²) in [6.07, 6.45) is 10.4. The highest BCUT2D eigenvalue weighted by Gasteiger charge is 2.25. The van der Waals surface area contributed by atoms with Crippen LogP contribution in [0.1, 0.15) is 73.6 Å². The molecule has 0 bridgehead atoms. The summed E-state index contributed by atoms with van der Waals surface area (Å²) in [6, 6.07) is 33.0. The van der Waals surface area contributed by atoms with Gasteiger partial charge in [0, 0.05) is 50.3 Å². The van der Waals surface area contributed by atoms with Crippen molar-refractivity contribution in [3.63, 3.8) is 0 Å².